The minimum Gasteiger partial charge on any atom is -0.372 e. The molecule has 0 aromatic carbocycles. The molecule has 0 spiro atoms. The first-order valence-electron chi connectivity index (χ1n) is 6.76. The zero-order valence-electron chi connectivity index (χ0n) is 12.0. The van der Waals surface area contributed by atoms with Crippen molar-refractivity contribution in [1.29, 1.82) is 0 Å². The molecule has 5 nitrogen and oxygen atoms in total. The second-order valence-electron chi connectivity index (χ2n) is 5.17. The Labute approximate surface area is 122 Å². The average Bonchev–Trinajstić information content (AvgIpc) is 2.90. The van der Waals surface area contributed by atoms with E-state index in [9.17, 15) is 9.59 Å². The zero-order chi connectivity index (χ0) is 14.7. The molecule has 0 radical (unpaired) electrons. The molecule has 2 heterocycles. The summed E-state index contributed by atoms with van der Waals surface area (Å²) in [6.45, 7) is 6.76. The highest BCUT2D eigenvalue weighted by Gasteiger charge is 2.29. The standard InChI is InChI=1S/C14H20N2O3S/c1-9-7-16(8-10(2)19-9)14(18)11(3)15-13(17)12-5-4-6-20-12/h4-6,9-11H,7-8H2,1-3H3,(H,15,17)/t9-,10+,11-/m1/s1. The highest BCUT2D eigenvalue weighted by molar-refractivity contribution is 7.12. The summed E-state index contributed by atoms with van der Waals surface area (Å²) < 4.78 is 5.61. The minimum atomic E-state index is -0.526. The fourth-order valence-electron chi connectivity index (χ4n) is 2.37. The van der Waals surface area contributed by atoms with Crippen LogP contribution in [0.2, 0.25) is 0 Å². The first kappa shape index (κ1) is 15.0. The molecule has 3 atom stereocenters. The van der Waals surface area contributed by atoms with Crippen LogP contribution in [0.15, 0.2) is 17.5 Å². The number of hydrogen-bond acceptors (Lipinski definition) is 4. The summed E-state index contributed by atoms with van der Waals surface area (Å²) in [6, 6.07) is 3.04. The number of carbonyl (C=O) groups is 2. The van der Waals surface area contributed by atoms with Crippen molar-refractivity contribution >= 4 is 23.2 Å². The third-order valence-corrected chi connectivity index (χ3v) is 4.06. The fourth-order valence-corrected chi connectivity index (χ4v) is 3.00. The number of hydrogen-bond donors (Lipinski definition) is 1. The Morgan fingerprint density at radius 2 is 2.05 bits per heavy atom. The molecule has 110 valence electrons. The highest BCUT2D eigenvalue weighted by atomic mass is 32.1. The van der Waals surface area contributed by atoms with Gasteiger partial charge in [0, 0.05) is 13.1 Å². The molecule has 1 fully saturated rings. The van der Waals surface area contributed by atoms with Crippen LogP contribution < -0.4 is 5.32 Å². The third kappa shape index (κ3) is 3.58. The molecule has 1 aromatic rings. The second-order valence-corrected chi connectivity index (χ2v) is 6.12. The molecule has 2 amide bonds. The number of nitrogens with zero attached hydrogens (tertiary/aromatic N) is 1. The lowest BCUT2D eigenvalue weighted by Crippen LogP contribution is -2.54. The normalized spacial score (nSPS) is 24.2. The number of ether oxygens (including phenoxy) is 1. The van der Waals surface area contributed by atoms with Gasteiger partial charge < -0.3 is 15.0 Å². The maximum atomic E-state index is 12.4. The van der Waals surface area contributed by atoms with Crippen LogP contribution in [0.25, 0.3) is 0 Å². The summed E-state index contributed by atoms with van der Waals surface area (Å²) in [7, 11) is 0. The molecule has 20 heavy (non-hydrogen) atoms. The van der Waals surface area contributed by atoms with E-state index in [1.54, 1.807) is 17.9 Å². The molecule has 1 aliphatic rings. The molecular weight excluding hydrogens is 276 g/mol. The van der Waals surface area contributed by atoms with Gasteiger partial charge in [0.05, 0.1) is 17.1 Å². The fraction of sp³-hybridized carbons (Fsp3) is 0.571. The van der Waals surface area contributed by atoms with Gasteiger partial charge in [-0.05, 0) is 32.2 Å². The number of rotatable bonds is 3. The first-order valence-corrected chi connectivity index (χ1v) is 7.64. The van der Waals surface area contributed by atoms with E-state index in [1.807, 2.05) is 25.3 Å². The summed E-state index contributed by atoms with van der Waals surface area (Å²) in [5.74, 6) is -0.257. The van der Waals surface area contributed by atoms with Gasteiger partial charge in [-0.15, -0.1) is 11.3 Å². The van der Waals surface area contributed by atoms with Crippen molar-refractivity contribution in [3.05, 3.63) is 22.4 Å². The Morgan fingerprint density at radius 1 is 1.40 bits per heavy atom. The van der Waals surface area contributed by atoms with Crippen molar-refractivity contribution in [3.8, 4) is 0 Å². The SMILES string of the molecule is C[C@@H]1CN(C(=O)[C@@H](C)NC(=O)c2cccs2)C[C@H](C)O1. The van der Waals surface area contributed by atoms with Crippen molar-refractivity contribution in [1.82, 2.24) is 10.2 Å². The monoisotopic (exact) mass is 296 g/mol. The zero-order valence-corrected chi connectivity index (χ0v) is 12.8. The Bertz CT molecular complexity index is 465. The molecule has 0 saturated carbocycles. The average molecular weight is 296 g/mol. The Hall–Kier alpha value is -1.40. The van der Waals surface area contributed by atoms with E-state index >= 15 is 0 Å². The quantitative estimate of drug-likeness (QED) is 0.919. The minimum absolute atomic E-state index is 0.0305. The summed E-state index contributed by atoms with van der Waals surface area (Å²) >= 11 is 1.36. The number of carbonyl (C=O) groups excluding carboxylic acids is 2. The van der Waals surface area contributed by atoms with E-state index in [-0.39, 0.29) is 24.0 Å². The van der Waals surface area contributed by atoms with Gasteiger partial charge in [0.2, 0.25) is 5.91 Å². The van der Waals surface area contributed by atoms with E-state index in [0.29, 0.717) is 18.0 Å². The lowest BCUT2D eigenvalue weighted by atomic mass is 10.2. The van der Waals surface area contributed by atoms with Crippen LogP contribution in [0.5, 0.6) is 0 Å². The number of amides is 2. The van der Waals surface area contributed by atoms with Crippen molar-refractivity contribution in [2.24, 2.45) is 0 Å². The maximum absolute atomic E-state index is 12.4. The Kier molecular flexibility index (Phi) is 4.77. The maximum Gasteiger partial charge on any atom is 0.261 e. The molecular formula is C14H20N2O3S. The predicted molar refractivity (Wildman–Crippen MR) is 77.8 cm³/mol. The smallest absolute Gasteiger partial charge is 0.261 e. The number of thiophene rings is 1. The molecule has 1 saturated heterocycles. The molecule has 1 N–H and O–H groups in total. The van der Waals surface area contributed by atoms with E-state index < -0.39 is 6.04 Å². The van der Waals surface area contributed by atoms with Gasteiger partial charge >= 0.3 is 0 Å². The lowest BCUT2D eigenvalue weighted by molar-refractivity contribution is -0.144. The third-order valence-electron chi connectivity index (χ3n) is 3.19. The van der Waals surface area contributed by atoms with Gasteiger partial charge in [0.25, 0.3) is 5.91 Å². The van der Waals surface area contributed by atoms with Gasteiger partial charge in [-0.1, -0.05) is 6.07 Å². The predicted octanol–water partition coefficient (Wildman–Crippen LogP) is 1.50. The Morgan fingerprint density at radius 3 is 2.60 bits per heavy atom. The van der Waals surface area contributed by atoms with E-state index in [1.165, 1.54) is 11.3 Å². The molecule has 1 aliphatic heterocycles. The van der Waals surface area contributed by atoms with Crippen LogP contribution in [0.3, 0.4) is 0 Å². The molecule has 0 unspecified atom stereocenters. The number of nitrogens with one attached hydrogen (secondary N) is 1. The topological polar surface area (TPSA) is 58.6 Å². The van der Waals surface area contributed by atoms with E-state index in [2.05, 4.69) is 5.32 Å². The van der Waals surface area contributed by atoms with Crippen LogP contribution >= 0.6 is 11.3 Å². The van der Waals surface area contributed by atoms with Crippen molar-refractivity contribution < 1.29 is 14.3 Å². The second kappa shape index (κ2) is 6.37. The van der Waals surface area contributed by atoms with Gasteiger partial charge in [-0.25, -0.2) is 0 Å². The van der Waals surface area contributed by atoms with Gasteiger partial charge in [-0.2, -0.15) is 0 Å². The molecule has 0 aliphatic carbocycles. The molecule has 6 heteroatoms. The van der Waals surface area contributed by atoms with E-state index in [4.69, 9.17) is 4.74 Å². The number of morpholine rings is 1. The van der Waals surface area contributed by atoms with Crippen LogP contribution in [-0.4, -0.2) is 48.1 Å². The summed E-state index contributed by atoms with van der Waals surface area (Å²) in [4.78, 5) is 26.7. The van der Waals surface area contributed by atoms with Crippen molar-refractivity contribution in [2.75, 3.05) is 13.1 Å². The van der Waals surface area contributed by atoms with Crippen molar-refractivity contribution in [3.63, 3.8) is 0 Å². The van der Waals surface area contributed by atoms with Crippen LogP contribution in [0.1, 0.15) is 30.4 Å². The van der Waals surface area contributed by atoms with Crippen LogP contribution in [0.4, 0.5) is 0 Å². The van der Waals surface area contributed by atoms with Gasteiger partial charge in [-0.3, -0.25) is 9.59 Å². The van der Waals surface area contributed by atoms with Gasteiger partial charge in [0.1, 0.15) is 6.04 Å². The first-order chi connectivity index (χ1) is 9.47. The molecule has 0 bridgehead atoms. The van der Waals surface area contributed by atoms with Gasteiger partial charge in [0.15, 0.2) is 0 Å². The summed E-state index contributed by atoms with van der Waals surface area (Å²) in [5, 5.41) is 4.59. The van der Waals surface area contributed by atoms with Crippen LogP contribution in [-0.2, 0) is 9.53 Å². The molecule has 2 rings (SSSR count). The Balaban J connectivity index is 1.93. The summed E-state index contributed by atoms with van der Waals surface area (Å²) in [5.41, 5.74) is 0. The lowest BCUT2D eigenvalue weighted by Gasteiger charge is -2.36. The molecule has 1 aromatic heterocycles. The highest BCUT2D eigenvalue weighted by Crippen LogP contribution is 2.13. The van der Waals surface area contributed by atoms with Crippen LogP contribution in [0, 0.1) is 0 Å². The largest absolute Gasteiger partial charge is 0.372 e. The summed E-state index contributed by atoms with van der Waals surface area (Å²) in [6.07, 6.45) is 0.0609. The van der Waals surface area contributed by atoms with E-state index in [0.717, 1.165) is 0 Å². The van der Waals surface area contributed by atoms with Crippen molar-refractivity contribution in [2.45, 2.75) is 39.0 Å².